The molecule has 0 spiro atoms. The van der Waals surface area contributed by atoms with Crippen molar-refractivity contribution in [2.75, 3.05) is 18.1 Å². The number of carbonyl (C=O) groups is 2. The van der Waals surface area contributed by atoms with Gasteiger partial charge in [0.2, 0.25) is 5.76 Å². The lowest BCUT2D eigenvalue weighted by molar-refractivity contribution is -0.121. The van der Waals surface area contributed by atoms with Crippen LogP contribution in [0.1, 0.15) is 16.1 Å². The van der Waals surface area contributed by atoms with E-state index in [2.05, 4.69) is 15.9 Å². The highest BCUT2D eigenvalue weighted by Gasteiger charge is 2.22. The van der Waals surface area contributed by atoms with Crippen LogP contribution >= 0.6 is 15.9 Å². The Labute approximate surface area is 164 Å². The first-order valence-electron chi connectivity index (χ1n) is 8.09. The van der Waals surface area contributed by atoms with E-state index >= 15 is 0 Å². The van der Waals surface area contributed by atoms with Gasteiger partial charge in [-0.25, -0.2) is 4.79 Å². The number of fused-ring (bicyclic) bond motifs is 1. The number of esters is 1. The number of para-hydroxylation sites is 1. The molecule has 3 aromatic rings. The molecule has 136 valence electrons. The lowest BCUT2D eigenvalue weighted by Gasteiger charge is -2.19. The van der Waals surface area contributed by atoms with Gasteiger partial charge in [-0.15, -0.1) is 0 Å². The summed E-state index contributed by atoms with van der Waals surface area (Å²) in [6, 6.07) is 16.1. The van der Waals surface area contributed by atoms with E-state index in [9.17, 15) is 9.59 Å². The van der Waals surface area contributed by atoms with Crippen LogP contribution in [-0.4, -0.2) is 25.0 Å². The highest BCUT2D eigenvalue weighted by atomic mass is 79.9. The van der Waals surface area contributed by atoms with E-state index in [0.29, 0.717) is 16.8 Å². The van der Waals surface area contributed by atoms with Gasteiger partial charge >= 0.3 is 5.97 Å². The summed E-state index contributed by atoms with van der Waals surface area (Å²) in [4.78, 5) is 26.1. The van der Waals surface area contributed by atoms with Crippen molar-refractivity contribution in [1.29, 1.82) is 5.26 Å². The number of aryl methyl sites for hydroxylation is 1. The quantitative estimate of drug-likeness (QED) is 0.450. The summed E-state index contributed by atoms with van der Waals surface area (Å²) < 4.78 is 11.6. The number of hydrogen-bond donors (Lipinski definition) is 0. The van der Waals surface area contributed by atoms with Crippen molar-refractivity contribution >= 4 is 44.5 Å². The Bertz CT molecular complexity index is 1040. The lowest BCUT2D eigenvalue weighted by Crippen LogP contribution is -2.35. The van der Waals surface area contributed by atoms with Crippen LogP contribution in [0.15, 0.2) is 57.4 Å². The zero-order chi connectivity index (χ0) is 19.4. The summed E-state index contributed by atoms with van der Waals surface area (Å²) in [6.07, 6.45) is 0. The smallest absolute Gasteiger partial charge is 0.375 e. The van der Waals surface area contributed by atoms with Crippen molar-refractivity contribution < 1.29 is 18.7 Å². The first-order chi connectivity index (χ1) is 13.0. The third-order valence-electron chi connectivity index (χ3n) is 4.01. The summed E-state index contributed by atoms with van der Waals surface area (Å²) in [5, 5.41) is 9.76. The monoisotopic (exact) mass is 426 g/mol. The van der Waals surface area contributed by atoms with E-state index < -0.39 is 18.5 Å². The maximum atomic E-state index is 12.4. The number of nitrogens with zero attached hydrogens (tertiary/aromatic N) is 2. The average Bonchev–Trinajstić information content (AvgIpc) is 3.01. The SMILES string of the molecule is Cc1c(C(=O)OCC(=O)N(CC#N)c2ccccc2)oc2ccc(Br)cc12. The molecule has 27 heavy (non-hydrogen) atoms. The third-order valence-corrected chi connectivity index (χ3v) is 4.50. The molecule has 2 aromatic carbocycles. The molecular formula is C20H15BrN2O4. The zero-order valence-electron chi connectivity index (χ0n) is 14.4. The molecule has 0 bridgehead atoms. The first kappa shape index (κ1) is 18.7. The van der Waals surface area contributed by atoms with Crippen LogP contribution in [0, 0.1) is 18.3 Å². The number of anilines is 1. The molecule has 3 rings (SSSR count). The highest BCUT2D eigenvalue weighted by molar-refractivity contribution is 9.10. The van der Waals surface area contributed by atoms with E-state index in [1.807, 2.05) is 18.2 Å². The summed E-state index contributed by atoms with van der Waals surface area (Å²) >= 11 is 3.38. The van der Waals surface area contributed by atoms with Crippen molar-refractivity contribution in [1.82, 2.24) is 0 Å². The fraction of sp³-hybridized carbons (Fsp3) is 0.150. The maximum Gasteiger partial charge on any atom is 0.375 e. The number of halogens is 1. The van der Waals surface area contributed by atoms with Gasteiger partial charge in [0.15, 0.2) is 6.61 Å². The van der Waals surface area contributed by atoms with Crippen LogP contribution in [-0.2, 0) is 9.53 Å². The molecule has 0 N–H and O–H groups in total. The van der Waals surface area contributed by atoms with Crippen molar-refractivity contribution in [3.8, 4) is 6.07 Å². The average molecular weight is 427 g/mol. The first-order valence-corrected chi connectivity index (χ1v) is 8.88. The van der Waals surface area contributed by atoms with E-state index in [-0.39, 0.29) is 12.3 Å². The predicted molar refractivity (Wildman–Crippen MR) is 103 cm³/mol. The van der Waals surface area contributed by atoms with E-state index in [0.717, 1.165) is 9.86 Å². The Kier molecular flexibility index (Phi) is 5.57. The Morgan fingerprint density at radius 3 is 2.67 bits per heavy atom. The molecule has 0 fully saturated rings. The normalized spacial score (nSPS) is 10.4. The van der Waals surface area contributed by atoms with Crippen LogP contribution in [0.25, 0.3) is 11.0 Å². The van der Waals surface area contributed by atoms with Gasteiger partial charge in [0, 0.05) is 21.1 Å². The summed E-state index contributed by atoms with van der Waals surface area (Å²) in [7, 11) is 0. The number of nitriles is 1. The topological polar surface area (TPSA) is 83.5 Å². The summed E-state index contributed by atoms with van der Waals surface area (Å²) in [5.74, 6) is -1.16. The van der Waals surface area contributed by atoms with Crippen LogP contribution in [0.3, 0.4) is 0 Å². The van der Waals surface area contributed by atoms with E-state index in [4.69, 9.17) is 14.4 Å². The van der Waals surface area contributed by atoms with Crippen molar-refractivity contribution in [3.63, 3.8) is 0 Å². The molecule has 1 heterocycles. The molecule has 0 aliphatic heterocycles. The molecule has 0 unspecified atom stereocenters. The predicted octanol–water partition coefficient (Wildman–Crippen LogP) is 4.22. The van der Waals surface area contributed by atoms with Gasteiger partial charge < -0.3 is 9.15 Å². The Balaban J connectivity index is 1.74. The molecular weight excluding hydrogens is 412 g/mol. The van der Waals surface area contributed by atoms with Crippen LogP contribution < -0.4 is 4.90 Å². The van der Waals surface area contributed by atoms with Crippen LogP contribution in [0.2, 0.25) is 0 Å². The van der Waals surface area contributed by atoms with E-state index in [1.54, 1.807) is 43.3 Å². The van der Waals surface area contributed by atoms with Gasteiger partial charge in [0.25, 0.3) is 5.91 Å². The summed E-state index contributed by atoms with van der Waals surface area (Å²) in [5.41, 5.74) is 1.76. The number of furan rings is 1. The molecule has 7 heteroatoms. The molecule has 0 atom stereocenters. The number of hydrogen-bond acceptors (Lipinski definition) is 5. The fourth-order valence-corrected chi connectivity index (χ4v) is 3.02. The van der Waals surface area contributed by atoms with Crippen LogP contribution in [0.4, 0.5) is 5.69 Å². The molecule has 1 aromatic heterocycles. The molecule has 1 amide bonds. The molecule has 0 saturated carbocycles. The van der Waals surface area contributed by atoms with Gasteiger partial charge in [-0.05, 0) is 37.3 Å². The minimum atomic E-state index is -0.724. The number of rotatable bonds is 5. The second-order valence-corrected chi connectivity index (χ2v) is 6.66. The minimum absolute atomic E-state index is 0.0578. The number of amides is 1. The lowest BCUT2D eigenvalue weighted by atomic mass is 10.1. The Morgan fingerprint density at radius 1 is 1.22 bits per heavy atom. The fourth-order valence-electron chi connectivity index (χ4n) is 2.66. The number of ether oxygens (including phenoxy) is 1. The molecule has 0 saturated heterocycles. The van der Waals surface area contributed by atoms with Crippen LogP contribution in [0.5, 0.6) is 0 Å². The Hall–Kier alpha value is -3.11. The molecule has 0 radical (unpaired) electrons. The van der Waals surface area contributed by atoms with Crippen molar-refractivity contribution in [2.45, 2.75) is 6.92 Å². The molecule has 6 nitrogen and oxygen atoms in total. The van der Waals surface area contributed by atoms with Gasteiger partial charge in [-0.1, -0.05) is 34.1 Å². The summed E-state index contributed by atoms with van der Waals surface area (Å²) in [6.45, 7) is 1.12. The van der Waals surface area contributed by atoms with Gasteiger partial charge in [-0.3, -0.25) is 9.69 Å². The van der Waals surface area contributed by atoms with Crippen molar-refractivity contribution in [2.24, 2.45) is 0 Å². The van der Waals surface area contributed by atoms with Crippen molar-refractivity contribution in [3.05, 3.63) is 64.3 Å². The standard InChI is InChI=1S/C20H15BrN2O4/c1-13-16-11-14(21)7-8-17(16)27-19(13)20(25)26-12-18(24)23(10-9-22)15-5-3-2-4-6-15/h2-8,11H,10,12H2,1H3. The van der Waals surface area contributed by atoms with Gasteiger partial charge in [0.1, 0.15) is 12.1 Å². The highest BCUT2D eigenvalue weighted by Crippen LogP contribution is 2.28. The second kappa shape index (κ2) is 8.06. The molecule has 0 aliphatic carbocycles. The zero-order valence-corrected chi connectivity index (χ0v) is 16.0. The van der Waals surface area contributed by atoms with E-state index in [1.165, 1.54) is 4.90 Å². The van der Waals surface area contributed by atoms with Gasteiger partial charge in [0.05, 0.1) is 6.07 Å². The number of benzene rings is 2. The third kappa shape index (κ3) is 4.01. The maximum absolute atomic E-state index is 12.4. The minimum Gasteiger partial charge on any atom is -0.450 e. The Morgan fingerprint density at radius 2 is 1.96 bits per heavy atom. The molecule has 0 aliphatic rings. The largest absolute Gasteiger partial charge is 0.450 e. The second-order valence-electron chi connectivity index (χ2n) is 5.75. The van der Waals surface area contributed by atoms with Gasteiger partial charge in [-0.2, -0.15) is 5.26 Å². The number of carbonyl (C=O) groups excluding carboxylic acids is 2.